The van der Waals surface area contributed by atoms with E-state index in [0.717, 1.165) is 0 Å². The molecule has 1 unspecified atom stereocenters. The van der Waals surface area contributed by atoms with Gasteiger partial charge >= 0.3 is 0 Å². The van der Waals surface area contributed by atoms with Crippen LogP contribution < -0.4 is 9.75 Å². The number of hydrogen-bond donors (Lipinski definition) is 0. The lowest BCUT2D eigenvalue weighted by atomic mass is 10.0. The second kappa shape index (κ2) is 2.96. The highest BCUT2D eigenvalue weighted by atomic mass is 32.1. The Morgan fingerprint density at radius 2 is 2.14 bits per heavy atom. The van der Waals surface area contributed by atoms with Crippen LogP contribution in [-0.4, -0.2) is 0 Å². The zero-order valence-corrected chi connectivity index (χ0v) is 8.97. The number of thiophene rings is 1. The van der Waals surface area contributed by atoms with Gasteiger partial charge in [-0.1, -0.05) is 37.3 Å². The standard InChI is InChI=1S/C13H12S/c1-9-6-7-11-10-4-2-3-5-12(10)14-13(11)8-9/h2-5,7-9H,6H2,1H3. The first kappa shape index (κ1) is 8.25. The van der Waals surface area contributed by atoms with Crippen LogP contribution in [0.2, 0.25) is 0 Å². The van der Waals surface area contributed by atoms with Crippen LogP contribution in [0.1, 0.15) is 13.3 Å². The molecule has 1 atom stereocenters. The van der Waals surface area contributed by atoms with Crippen molar-refractivity contribution in [2.24, 2.45) is 5.92 Å². The third-order valence-corrected chi connectivity index (χ3v) is 3.94. The Kier molecular flexibility index (Phi) is 1.74. The molecular formula is C13H12S. The number of hydrogen-bond acceptors (Lipinski definition) is 1. The SMILES string of the molecule is CC1C=c2sc3ccccc3c2=CC1. The molecule has 70 valence electrons. The van der Waals surface area contributed by atoms with Gasteiger partial charge in [-0.05, 0) is 29.0 Å². The molecule has 1 aliphatic carbocycles. The molecule has 2 aromatic rings. The summed E-state index contributed by atoms with van der Waals surface area (Å²) in [4.78, 5) is 0. The number of rotatable bonds is 0. The van der Waals surface area contributed by atoms with E-state index in [-0.39, 0.29) is 0 Å². The summed E-state index contributed by atoms with van der Waals surface area (Å²) in [7, 11) is 0. The van der Waals surface area contributed by atoms with Crippen molar-refractivity contribution in [3.63, 3.8) is 0 Å². The molecule has 1 aliphatic rings. The van der Waals surface area contributed by atoms with E-state index in [1.54, 1.807) is 0 Å². The van der Waals surface area contributed by atoms with Gasteiger partial charge < -0.3 is 0 Å². The lowest BCUT2D eigenvalue weighted by molar-refractivity contribution is 0.804. The van der Waals surface area contributed by atoms with Crippen LogP contribution >= 0.6 is 11.3 Å². The average molecular weight is 200 g/mol. The van der Waals surface area contributed by atoms with Crippen LogP contribution in [0.15, 0.2) is 24.3 Å². The van der Waals surface area contributed by atoms with Gasteiger partial charge in [-0.3, -0.25) is 0 Å². The molecule has 1 aromatic carbocycles. The van der Waals surface area contributed by atoms with E-state index in [1.807, 2.05) is 11.3 Å². The van der Waals surface area contributed by atoms with Gasteiger partial charge in [0.1, 0.15) is 0 Å². The van der Waals surface area contributed by atoms with Crippen LogP contribution in [0.25, 0.3) is 22.2 Å². The van der Waals surface area contributed by atoms with Crippen molar-refractivity contribution >= 4 is 33.6 Å². The van der Waals surface area contributed by atoms with Crippen LogP contribution in [0.3, 0.4) is 0 Å². The largest absolute Gasteiger partial charge is 0.136 e. The molecular weight excluding hydrogens is 188 g/mol. The smallest absolute Gasteiger partial charge is 0.0355 e. The van der Waals surface area contributed by atoms with Gasteiger partial charge in [-0.25, -0.2) is 0 Å². The summed E-state index contributed by atoms with van der Waals surface area (Å²) in [6.45, 7) is 2.28. The maximum atomic E-state index is 2.40. The molecule has 0 spiro atoms. The van der Waals surface area contributed by atoms with Gasteiger partial charge in [-0.15, -0.1) is 11.3 Å². The lowest BCUT2D eigenvalue weighted by Crippen LogP contribution is -2.23. The molecule has 0 N–H and O–H groups in total. The van der Waals surface area contributed by atoms with E-state index in [2.05, 4.69) is 43.3 Å². The Bertz CT molecular complexity index is 589. The first-order valence-corrected chi connectivity index (χ1v) is 5.86. The molecule has 0 amide bonds. The third-order valence-electron chi connectivity index (χ3n) is 2.79. The van der Waals surface area contributed by atoms with Gasteiger partial charge in [0.05, 0.1) is 0 Å². The fourth-order valence-electron chi connectivity index (χ4n) is 2.05. The Hall–Kier alpha value is -1.08. The minimum absolute atomic E-state index is 0.704. The molecule has 1 aromatic heterocycles. The molecule has 14 heavy (non-hydrogen) atoms. The Morgan fingerprint density at radius 3 is 3.07 bits per heavy atom. The molecule has 0 nitrogen and oxygen atoms in total. The molecule has 0 saturated carbocycles. The van der Waals surface area contributed by atoms with Crippen LogP contribution in [0.5, 0.6) is 0 Å². The molecule has 0 aliphatic heterocycles. The van der Waals surface area contributed by atoms with E-state index in [4.69, 9.17) is 0 Å². The fourth-order valence-corrected chi connectivity index (χ4v) is 3.32. The van der Waals surface area contributed by atoms with Crippen molar-refractivity contribution in [2.75, 3.05) is 0 Å². The third kappa shape index (κ3) is 1.12. The van der Waals surface area contributed by atoms with E-state index in [9.17, 15) is 0 Å². The van der Waals surface area contributed by atoms with Gasteiger partial charge in [0, 0.05) is 9.23 Å². The lowest BCUT2D eigenvalue weighted by Gasteiger charge is -2.03. The normalized spacial score (nSPS) is 19.9. The van der Waals surface area contributed by atoms with Gasteiger partial charge in [0.2, 0.25) is 0 Å². The van der Waals surface area contributed by atoms with Crippen molar-refractivity contribution in [1.82, 2.24) is 0 Å². The minimum atomic E-state index is 0.704. The van der Waals surface area contributed by atoms with E-state index in [1.165, 1.54) is 26.3 Å². The maximum absolute atomic E-state index is 2.40. The first-order chi connectivity index (χ1) is 6.84. The molecule has 1 heteroatoms. The number of benzene rings is 1. The predicted octanol–water partition coefficient (Wildman–Crippen LogP) is 2.50. The molecule has 0 fully saturated rings. The zero-order valence-electron chi connectivity index (χ0n) is 8.16. The van der Waals surface area contributed by atoms with Crippen molar-refractivity contribution < 1.29 is 0 Å². The van der Waals surface area contributed by atoms with Gasteiger partial charge in [0.15, 0.2) is 0 Å². The molecule has 1 heterocycles. The summed E-state index contributed by atoms with van der Waals surface area (Å²) >= 11 is 1.92. The van der Waals surface area contributed by atoms with E-state index >= 15 is 0 Å². The zero-order chi connectivity index (χ0) is 9.54. The summed E-state index contributed by atoms with van der Waals surface area (Å²) in [5, 5.41) is 2.89. The quantitative estimate of drug-likeness (QED) is 0.613. The van der Waals surface area contributed by atoms with Crippen LogP contribution in [0, 0.1) is 5.92 Å². The first-order valence-electron chi connectivity index (χ1n) is 5.04. The molecule has 3 rings (SSSR count). The Balaban J connectivity index is 2.52. The van der Waals surface area contributed by atoms with Crippen LogP contribution in [-0.2, 0) is 0 Å². The van der Waals surface area contributed by atoms with Crippen molar-refractivity contribution in [3.05, 3.63) is 34.0 Å². The predicted molar refractivity (Wildman–Crippen MR) is 63.8 cm³/mol. The monoisotopic (exact) mass is 200 g/mol. The Labute approximate surface area is 87.2 Å². The summed E-state index contributed by atoms with van der Waals surface area (Å²) in [6, 6.07) is 8.69. The Morgan fingerprint density at radius 1 is 1.29 bits per heavy atom. The van der Waals surface area contributed by atoms with Gasteiger partial charge in [-0.2, -0.15) is 0 Å². The summed E-state index contributed by atoms with van der Waals surface area (Å²) in [5.74, 6) is 0.704. The minimum Gasteiger partial charge on any atom is -0.136 e. The highest BCUT2D eigenvalue weighted by Crippen LogP contribution is 2.16. The molecule has 0 saturated heterocycles. The summed E-state index contributed by atoms with van der Waals surface area (Å²) in [5.41, 5.74) is 0. The average Bonchev–Trinajstić information content (AvgIpc) is 2.54. The molecule has 0 bridgehead atoms. The second-order valence-electron chi connectivity index (χ2n) is 3.96. The summed E-state index contributed by atoms with van der Waals surface area (Å²) in [6.07, 6.45) is 5.98. The van der Waals surface area contributed by atoms with Crippen molar-refractivity contribution in [1.29, 1.82) is 0 Å². The fraction of sp³-hybridized carbons (Fsp3) is 0.231. The highest BCUT2D eigenvalue weighted by molar-refractivity contribution is 7.17. The van der Waals surface area contributed by atoms with E-state index < -0.39 is 0 Å². The maximum Gasteiger partial charge on any atom is 0.0355 e. The summed E-state index contributed by atoms with van der Waals surface area (Å²) < 4.78 is 2.88. The second-order valence-corrected chi connectivity index (χ2v) is 5.04. The molecule has 0 radical (unpaired) electrons. The highest BCUT2D eigenvalue weighted by Gasteiger charge is 2.06. The van der Waals surface area contributed by atoms with Crippen LogP contribution in [0.4, 0.5) is 0 Å². The van der Waals surface area contributed by atoms with Gasteiger partial charge in [0.25, 0.3) is 0 Å². The number of fused-ring (bicyclic) bond motifs is 3. The van der Waals surface area contributed by atoms with Crippen molar-refractivity contribution in [3.8, 4) is 0 Å². The van der Waals surface area contributed by atoms with Crippen molar-refractivity contribution in [2.45, 2.75) is 13.3 Å². The van der Waals surface area contributed by atoms with E-state index in [0.29, 0.717) is 5.92 Å². The topological polar surface area (TPSA) is 0 Å².